The van der Waals surface area contributed by atoms with Crippen molar-refractivity contribution >= 4 is 6.16 Å². The lowest BCUT2D eigenvalue weighted by atomic mass is 10.2. The predicted molar refractivity (Wildman–Crippen MR) is 29.9 cm³/mol. The molecule has 0 heterocycles. The molecule has 0 fully saturated rings. The van der Waals surface area contributed by atoms with Gasteiger partial charge in [0.2, 0.25) is 0 Å². The topological polar surface area (TPSA) is 46.5 Å². The van der Waals surface area contributed by atoms with Crippen LogP contribution in [0.5, 0.6) is 0 Å². The van der Waals surface area contributed by atoms with Crippen LogP contribution in [-0.2, 0) is 4.74 Å². The van der Waals surface area contributed by atoms with E-state index in [2.05, 4.69) is 4.74 Å². The van der Waals surface area contributed by atoms with Gasteiger partial charge < -0.3 is 9.84 Å². The van der Waals surface area contributed by atoms with Crippen molar-refractivity contribution in [1.82, 2.24) is 0 Å². The number of rotatable bonds is 3. The Bertz CT molecular complexity index is 246. The van der Waals surface area contributed by atoms with Crippen LogP contribution < -0.4 is 0 Å². The third-order valence-electron chi connectivity index (χ3n) is 1.19. The quantitative estimate of drug-likeness (QED) is 0.612. The van der Waals surface area contributed by atoms with Gasteiger partial charge in [0.25, 0.3) is 0 Å². The molecule has 0 saturated carbocycles. The Morgan fingerprint density at radius 1 is 1.07 bits per heavy atom. The highest BCUT2D eigenvalue weighted by molar-refractivity contribution is 5.56. The standard InChI is InChI=1S/C5H3F7O3/c6-3(7,1-15-2(13)14)4(8,9)5(10,11)12/h1H2,(H,13,14). The smallest absolute Gasteiger partial charge is 0.450 e. The lowest BCUT2D eigenvalue weighted by molar-refractivity contribution is -0.359. The molecule has 0 radical (unpaired) electrons. The van der Waals surface area contributed by atoms with Crippen LogP contribution in [0.1, 0.15) is 0 Å². The second kappa shape index (κ2) is 3.74. The van der Waals surface area contributed by atoms with E-state index in [1.165, 1.54) is 0 Å². The maximum Gasteiger partial charge on any atom is 0.505 e. The highest BCUT2D eigenvalue weighted by atomic mass is 19.4. The average Bonchev–Trinajstić information content (AvgIpc) is 1.98. The molecule has 0 aliphatic carbocycles. The molecule has 0 aromatic carbocycles. The van der Waals surface area contributed by atoms with Gasteiger partial charge >= 0.3 is 24.2 Å². The van der Waals surface area contributed by atoms with E-state index in [9.17, 15) is 35.5 Å². The highest BCUT2D eigenvalue weighted by Crippen LogP contribution is 2.46. The lowest BCUT2D eigenvalue weighted by Gasteiger charge is -2.27. The molecule has 0 aliphatic heterocycles. The monoisotopic (exact) mass is 244 g/mol. The van der Waals surface area contributed by atoms with Gasteiger partial charge in [0.1, 0.15) is 0 Å². The second-order valence-corrected chi connectivity index (χ2v) is 2.33. The van der Waals surface area contributed by atoms with E-state index in [1.807, 2.05) is 0 Å². The molecule has 0 rings (SSSR count). The van der Waals surface area contributed by atoms with E-state index < -0.39 is 30.8 Å². The summed E-state index contributed by atoms with van der Waals surface area (Å²) in [5.74, 6) is -12.0. The van der Waals surface area contributed by atoms with Crippen molar-refractivity contribution in [2.45, 2.75) is 18.0 Å². The van der Waals surface area contributed by atoms with E-state index in [1.54, 1.807) is 0 Å². The highest BCUT2D eigenvalue weighted by Gasteiger charge is 2.73. The minimum Gasteiger partial charge on any atom is -0.450 e. The number of ether oxygens (including phenoxy) is 1. The van der Waals surface area contributed by atoms with Crippen LogP contribution >= 0.6 is 0 Å². The number of alkyl halides is 7. The van der Waals surface area contributed by atoms with Crippen molar-refractivity contribution < 1.29 is 45.4 Å². The maximum atomic E-state index is 12.2. The third kappa shape index (κ3) is 2.86. The van der Waals surface area contributed by atoms with Gasteiger partial charge in [-0.1, -0.05) is 0 Å². The molecule has 0 aliphatic rings. The molecule has 1 N–H and O–H groups in total. The molecular weight excluding hydrogens is 241 g/mol. The average molecular weight is 244 g/mol. The first-order chi connectivity index (χ1) is 6.42. The minimum absolute atomic E-state index is 2.38. The van der Waals surface area contributed by atoms with E-state index in [4.69, 9.17) is 5.11 Å². The number of hydrogen-bond acceptors (Lipinski definition) is 2. The molecule has 0 bridgehead atoms. The zero-order valence-corrected chi connectivity index (χ0v) is 6.62. The van der Waals surface area contributed by atoms with Gasteiger partial charge in [-0.3, -0.25) is 0 Å². The summed E-state index contributed by atoms with van der Waals surface area (Å²) in [5, 5.41) is 7.66. The fourth-order valence-corrected chi connectivity index (χ4v) is 0.450. The molecular formula is C5H3F7O3. The molecule has 0 saturated heterocycles. The van der Waals surface area contributed by atoms with Crippen LogP contribution in [-0.4, -0.2) is 35.9 Å². The summed E-state index contributed by atoms with van der Waals surface area (Å²) >= 11 is 0. The fourth-order valence-electron chi connectivity index (χ4n) is 0.450. The summed E-state index contributed by atoms with van der Waals surface area (Å²) in [6.45, 7) is -2.57. The van der Waals surface area contributed by atoms with Gasteiger partial charge in [0.05, 0.1) is 0 Å². The Hall–Kier alpha value is -1.22. The Morgan fingerprint density at radius 2 is 1.47 bits per heavy atom. The van der Waals surface area contributed by atoms with Crippen LogP contribution in [0.25, 0.3) is 0 Å². The molecule has 0 spiro atoms. The molecule has 3 nitrogen and oxygen atoms in total. The van der Waals surface area contributed by atoms with Crippen LogP contribution in [0.3, 0.4) is 0 Å². The van der Waals surface area contributed by atoms with Gasteiger partial charge in [-0.25, -0.2) is 4.79 Å². The fraction of sp³-hybridized carbons (Fsp3) is 0.800. The minimum atomic E-state index is -6.49. The Labute approximate surface area is 77.4 Å². The molecule has 0 aromatic heterocycles. The van der Waals surface area contributed by atoms with Crippen molar-refractivity contribution in [2.75, 3.05) is 6.61 Å². The van der Waals surface area contributed by atoms with E-state index in [0.29, 0.717) is 0 Å². The molecule has 15 heavy (non-hydrogen) atoms. The maximum absolute atomic E-state index is 12.2. The Morgan fingerprint density at radius 3 is 1.73 bits per heavy atom. The van der Waals surface area contributed by atoms with Crippen molar-refractivity contribution in [1.29, 1.82) is 0 Å². The first kappa shape index (κ1) is 13.8. The van der Waals surface area contributed by atoms with Gasteiger partial charge in [-0.05, 0) is 0 Å². The van der Waals surface area contributed by atoms with Crippen molar-refractivity contribution in [2.24, 2.45) is 0 Å². The van der Waals surface area contributed by atoms with E-state index >= 15 is 0 Å². The molecule has 0 amide bonds. The summed E-state index contributed by atoms with van der Waals surface area (Å²) in [5.41, 5.74) is 0. The Kier molecular flexibility index (Phi) is 3.43. The van der Waals surface area contributed by atoms with E-state index in [-0.39, 0.29) is 0 Å². The third-order valence-corrected chi connectivity index (χ3v) is 1.19. The normalized spacial score (nSPS) is 13.8. The summed E-state index contributed by atoms with van der Waals surface area (Å²) in [6.07, 6.45) is -8.87. The largest absolute Gasteiger partial charge is 0.505 e. The Balaban J connectivity index is 4.77. The molecule has 10 heteroatoms. The van der Waals surface area contributed by atoms with Crippen molar-refractivity contribution in [3.05, 3.63) is 0 Å². The first-order valence-electron chi connectivity index (χ1n) is 3.10. The first-order valence-corrected chi connectivity index (χ1v) is 3.10. The summed E-state index contributed by atoms with van der Waals surface area (Å²) < 4.78 is 85.7. The zero-order chi connectivity index (χ0) is 12.5. The summed E-state index contributed by atoms with van der Waals surface area (Å²) in [4.78, 5) is 9.54. The zero-order valence-electron chi connectivity index (χ0n) is 6.62. The lowest BCUT2D eigenvalue weighted by Crippen LogP contribution is -2.54. The van der Waals surface area contributed by atoms with Gasteiger partial charge in [-0.2, -0.15) is 30.7 Å². The van der Waals surface area contributed by atoms with Crippen molar-refractivity contribution in [3.63, 3.8) is 0 Å². The van der Waals surface area contributed by atoms with Gasteiger partial charge in [-0.15, -0.1) is 0 Å². The van der Waals surface area contributed by atoms with Crippen LogP contribution in [0.15, 0.2) is 0 Å². The molecule has 0 aromatic rings. The predicted octanol–water partition coefficient (Wildman–Crippen LogP) is 2.51. The van der Waals surface area contributed by atoms with Crippen molar-refractivity contribution in [3.8, 4) is 0 Å². The number of carbonyl (C=O) groups is 1. The molecule has 90 valence electrons. The van der Waals surface area contributed by atoms with Crippen LogP contribution in [0.4, 0.5) is 35.5 Å². The molecule has 0 atom stereocenters. The van der Waals surface area contributed by atoms with Gasteiger partial charge in [0, 0.05) is 0 Å². The summed E-state index contributed by atoms with van der Waals surface area (Å²) in [6, 6.07) is 0. The number of hydrogen-bond donors (Lipinski definition) is 1. The van der Waals surface area contributed by atoms with E-state index in [0.717, 1.165) is 0 Å². The molecule has 0 unspecified atom stereocenters. The summed E-state index contributed by atoms with van der Waals surface area (Å²) in [7, 11) is 0. The van der Waals surface area contributed by atoms with Crippen LogP contribution in [0.2, 0.25) is 0 Å². The second-order valence-electron chi connectivity index (χ2n) is 2.33. The number of carboxylic acid groups (broad SMARTS) is 1. The van der Waals surface area contributed by atoms with Crippen LogP contribution in [0, 0.1) is 0 Å². The van der Waals surface area contributed by atoms with Gasteiger partial charge in [0.15, 0.2) is 6.61 Å². The SMILES string of the molecule is O=C(O)OCC(F)(F)C(F)(F)C(F)(F)F. The number of halogens is 7.